The summed E-state index contributed by atoms with van der Waals surface area (Å²) in [5, 5.41) is 8.08. The SMILES string of the molecule is Cc1cccc(NC(=O)N[C@@H]2COc3ccccc3NC2=O)c1. The largest absolute Gasteiger partial charge is 0.489 e. The second-order valence-electron chi connectivity index (χ2n) is 5.32. The second-order valence-corrected chi connectivity index (χ2v) is 5.32. The standard InChI is InChI=1S/C17H17N3O3/c1-11-5-4-6-12(9-11)18-17(22)20-14-10-23-15-8-3-2-7-13(15)19-16(14)21/h2-9,14H,10H2,1H3,(H,19,21)(H2,18,20,22)/t14-/m1/s1. The average Bonchev–Trinajstić information content (AvgIpc) is 2.67. The minimum Gasteiger partial charge on any atom is -0.489 e. The van der Waals surface area contributed by atoms with E-state index in [1.807, 2.05) is 31.2 Å². The summed E-state index contributed by atoms with van der Waals surface area (Å²) in [6.45, 7) is 2.01. The number of hydrogen-bond acceptors (Lipinski definition) is 3. The van der Waals surface area contributed by atoms with Crippen LogP contribution in [0.3, 0.4) is 0 Å². The summed E-state index contributed by atoms with van der Waals surface area (Å²) < 4.78 is 5.58. The van der Waals surface area contributed by atoms with Crippen LogP contribution >= 0.6 is 0 Å². The molecule has 2 aromatic rings. The maximum Gasteiger partial charge on any atom is 0.320 e. The minimum atomic E-state index is -0.771. The van der Waals surface area contributed by atoms with Crippen molar-refractivity contribution in [1.29, 1.82) is 0 Å². The number of aryl methyl sites for hydroxylation is 1. The van der Waals surface area contributed by atoms with E-state index in [0.717, 1.165) is 5.56 Å². The number of hydrogen-bond donors (Lipinski definition) is 3. The van der Waals surface area contributed by atoms with Crippen molar-refractivity contribution >= 4 is 23.3 Å². The van der Waals surface area contributed by atoms with Gasteiger partial charge in [-0.1, -0.05) is 24.3 Å². The fraction of sp³-hybridized carbons (Fsp3) is 0.176. The Morgan fingerprint density at radius 2 is 2.04 bits per heavy atom. The quantitative estimate of drug-likeness (QED) is 0.797. The van der Waals surface area contributed by atoms with Gasteiger partial charge in [0, 0.05) is 5.69 Å². The van der Waals surface area contributed by atoms with Gasteiger partial charge in [-0.15, -0.1) is 0 Å². The zero-order valence-electron chi connectivity index (χ0n) is 12.6. The lowest BCUT2D eigenvalue weighted by Crippen LogP contribution is -2.47. The lowest BCUT2D eigenvalue weighted by molar-refractivity contribution is -0.118. The van der Waals surface area contributed by atoms with Gasteiger partial charge in [0.05, 0.1) is 5.69 Å². The predicted molar refractivity (Wildman–Crippen MR) is 87.7 cm³/mol. The van der Waals surface area contributed by atoms with Gasteiger partial charge in [0.1, 0.15) is 18.4 Å². The molecular weight excluding hydrogens is 294 g/mol. The molecule has 3 amide bonds. The number of carbonyl (C=O) groups is 2. The zero-order chi connectivity index (χ0) is 16.2. The van der Waals surface area contributed by atoms with Crippen LogP contribution < -0.4 is 20.7 Å². The topological polar surface area (TPSA) is 79.5 Å². The van der Waals surface area contributed by atoms with Crippen LogP contribution in [0.5, 0.6) is 5.75 Å². The van der Waals surface area contributed by atoms with Crippen LogP contribution in [0.25, 0.3) is 0 Å². The van der Waals surface area contributed by atoms with Crippen LogP contribution in [0.1, 0.15) is 5.56 Å². The van der Waals surface area contributed by atoms with E-state index in [2.05, 4.69) is 16.0 Å². The van der Waals surface area contributed by atoms with Gasteiger partial charge in [-0.2, -0.15) is 0 Å². The maximum absolute atomic E-state index is 12.2. The molecular formula is C17H17N3O3. The Hall–Kier alpha value is -3.02. The third-order valence-electron chi connectivity index (χ3n) is 3.45. The summed E-state index contributed by atoms with van der Waals surface area (Å²) >= 11 is 0. The number of nitrogens with one attached hydrogen (secondary N) is 3. The van der Waals surface area contributed by atoms with Gasteiger partial charge in [-0.05, 0) is 36.8 Å². The van der Waals surface area contributed by atoms with E-state index in [1.54, 1.807) is 24.3 Å². The van der Waals surface area contributed by atoms with Crippen LogP contribution in [0.15, 0.2) is 48.5 Å². The number of rotatable bonds is 2. The molecule has 6 nitrogen and oxygen atoms in total. The van der Waals surface area contributed by atoms with Crippen LogP contribution in [-0.4, -0.2) is 24.6 Å². The molecule has 0 bridgehead atoms. The molecule has 2 aromatic carbocycles. The molecule has 0 radical (unpaired) electrons. The Balaban J connectivity index is 1.64. The molecule has 0 saturated heterocycles. The summed E-state index contributed by atoms with van der Waals surface area (Å²) in [6.07, 6.45) is 0. The van der Waals surface area contributed by atoms with E-state index in [4.69, 9.17) is 4.74 Å². The smallest absolute Gasteiger partial charge is 0.320 e. The Kier molecular flexibility index (Phi) is 4.14. The average molecular weight is 311 g/mol. The van der Waals surface area contributed by atoms with Gasteiger partial charge >= 0.3 is 6.03 Å². The summed E-state index contributed by atoms with van der Waals surface area (Å²) in [6, 6.07) is 13.3. The molecule has 6 heteroatoms. The Morgan fingerprint density at radius 1 is 1.22 bits per heavy atom. The number of carbonyl (C=O) groups excluding carboxylic acids is 2. The van der Waals surface area contributed by atoms with Crippen LogP contribution in [0.4, 0.5) is 16.2 Å². The molecule has 0 aromatic heterocycles. The Labute approximate surface area is 133 Å². The first-order chi connectivity index (χ1) is 11.1. The van der Waals surface area contributed by atoms with E-state index in [-0.39, 0.29) is 12.5 Å². The van der Waals surface area contributed by atoms with Crippen LogP contribution in [0.2, 0.25) is 0 Å². The summed E-state index contributed by atoms with van der Waals surface area (Å²) in [7, 11) is 0. The van der Waals surface area contributed by atoms with E-state index in [0.29, 0.717) is 17.1 Å². The zero-order valence-corrected chi connectivity index (χ0v) is 12.6. The van der Waals surface area contributed by atoms with Crippen molar-refractivity contribution in [1.82, 2.24) is 5.32 Å². The first-order valence-electron chi connectivity index (χ1n) is 7.29. The Morgan fingerprint density at radius 3 is 2.87 bits per heavy atom. The van der Waals surface area contributed by atoms with Gasteiger partial charge in [-0.3, -0.25) is 4.79 Å². The van der Waals surface area contributed by atoms with Crippen LogP contribution in [-0.2, 0) is 4.79 Å². The number of ether oxygens (including phenoxy) is 1. The van der Waals surface area contributed by atoms with E-state index < -0.39 is 12.1 Å². The summed E-state index contributed by atoms with van der Waals surface area (Å²) in [5.41, 5.74) is 2.30. The highest BCUT2D eigenvalue weighted by molar-refractivity contribution is 6.00. The normalized spacial score (nSPS) is 16.4. The molecule has 0 spiro atoms. The molecule has 118 valence electrons. The summed E-state index contributed by atoms with van der Waals surface area (Å²) in [4.78, 5) is 24.3. The molecule has 1 heterocycles. The van der Waals surface area contributed by atoms with Gasteiger partial charge in [0.2, 0.25) is 0 Å². The van der Waals surface area contributed by atoms with Gasteiger partial charge in [0.15, 0.2) is 0 Å². The highest BCUT2D eigenvalue weighted by atomic mass is 16.5. The molecule has 1 aliphatic heterocycles. The van der Waals surface area contributed by atoms with E-state index >= 15 is 0 Å². The van der Waals surface area contributed by atoms with E-state index in [1.165, 1.54) is 0 Å². The Bertz CT molecular complexity index is 745. The third kappa shape index (κ3) is 3.60. The molecule has 1 atom stereocenters. The maximum atomic E-state index is 12.2. The molecule has 0 unspecified atom stereocenters. The molecule has 1 aliphatic rings. The highest BCUT2D eigenvalue weighted by Gasteiger charge is 2.26. The monoisotopic (exact) mass is 311 g/mol. The number of fused-ring (bicyclic) bond motifs is 1. The first kappa shape index (κ1) is 14.9. The fourth-order valence-electron chi connectivity index (χ4n) is 2.32. The lowest BCUT2D eigenvalue weighted by Gasteiger charge is -2.15. The molecule has 0 aliphatic carbocycles. The summed E-state index contributed by atoms with van der Waals surface area (Å²) in [5.74, 6) is 0.276. The number of benzene rings is 2. The molecule has 3 rings (SSSR count). The van der Waals surface area contributed by atoms with Crippen molar-refractivity contribution in [2.45, 2.75) is 13.0 Å². The van der Waals surface area contributed by atoms with Crippen LogP contribution in [0, 0.1) is 6.92 Å². The fourth-order valence-corrected chi connectivity index (χ4v) is 2.32. The highest BCUT2D eigenvalue weighted by Crippen LogP contribution is 2.26. The molecule has 0 fully saturated rings. The number of amides is 3. The van der Waals surface area contributed by atoms with Crippen molar-refractivity contribution in [2.75, 3.05) is 17.2 Å². The van der Waals surface area contributed by atoms with Gasteiger partial charge in [0.25, 0.3) is 5.91 Å². The lowest BCUT2D eigenvalue weighted by atomic mass is 10.2. The van der Waals surface area contributed by atoms with Gasteiger partial charge in [-0.25, -0.2) is 4.79 Å². The third-order valence-corrected chi connectivity index (χ3v) is 3.45. The van der Waals surface area contributed by atoms with E-state index in [9.17, 15) is 9.59 Å². The van der Waals surface area contributed by atoms with Crippen molar-refractivity contribution in [3.8, 4) is 5.75 Å². The molecule has 0 saturated carbocycles. The van der Waals surface area contributed by atoms with Crippen molar-refractivity contribution in [2.24, 2.45) is 0 Å². The predicted octanol–water partition coefficient (Wildman–Crippen LogP) is 2.52. The minimum absolute atomic E-state index is 0.0735. The molecule has 3 N–H and O–H groups in total. The molecule has 23 heavy (non-hydrogen) atoms. The number of para-hydroxylation sites is 2. The van der Waals surface area contributed by atoms with Crippen molar-refractivity contribution < 1.29 is 14.3 Å². The number of urea groups is 1. The first-order valence-corrected chi connectivity index (χ1v) is 7.29. The van der Waals surface area contributed by atoms with Crippen molar-refractivity contribution in [3.05, 3.63) is 54.1 Å². The van der Waals surface area contributed by atoms with Crippen molar-refractivity contribution in [3.63, 3.8) is 0 Å². The second kappa shape index (κ2) is 6.39. The van der Waals surface area contributed by atoms with Gasteiger partial charge < -0.3 is 20.7 Å². The number of anilines is 2.